The number of aromatic hydroxyl groups is 1. The first-order chi connectivity index (χ1) is 16.9. The molecule has 0 heterocycles. The highest BCUT2D eigenvalue weighted by molar-refractivity contribution is 7.91. The van der Waals surface area contributed by atoms with E-state index in [1.165, 1.54) is 12.1 Å². The van der Waals surface area contributed by atoms with Crippen LogP contribution < -0.4 is 0 Å². The number of hydrogen-bond acceptors (Lipinski definition) is 12. The third-order valence-electron chi connectivity index (χ3n) is 4.63. The van der Waals surface area contributed by atoms with Gasteiger partial charge in [-0.15, -0.1) is 5.11 Å². The Bertz CT molecular complexity index is 1830. The first-order valence-electron chi connectivity index (χ1n) is 9.50. The molecule has 200 valence electrons. The molecule has 0 radical (unpaired) electrons. The van der Waals surface area contributed by atoms with Gasteiger partial charge in [-0.25, -0.2) is 12.6 Å². The van der Waals surface area contributed by atoms with Crippen LogP contribution in [0.2, 0.25) is 0 Å². The van der Waals surface area contributed by atoms with E-state index in [1.807, 2.05) is 0 Å². The fourth-order valence-electron chi connectivity index (χ4n) is 3.02. The molecule has 3 aromatic carbocycles. The van der Waals surface area contributed by atoms with Crippen LogP contribution in [0.25, 0.3) is 10.8 Å². The highest BCUT2D eigenvalue weighted by Crippen LogP contribution is 2.41. The highest BCUT2D eigenvalue weighted by Gasteiger charge is 2.24. The van der Waals surface area contributed by atoms with Crippen LogP contribution in [0.1, 0.15) is 0 Å². The Hall–Kier alpha value is -3.04. The van der Waals surface area contributed by atoms with Gasteiger partial charge in [0.05, 0.1) is 27.8 Å². The van der Waals surface area contributed by atoms with Gasteiger partial charge in [-0.2, -0.15) is 30.4 Å². The van der Waals surface area contributed by atoms with Crippen LogP contribution in [-0.4, -0.2) is 64.8 Å². The lowest BCUT2D eigenvalue weighted by Crippen LogP contribution is -2.15. The fourth-order valence-corrected chi connectivity index (χ4v) is 5.87. The minimum absolute atomic E-state index is 0.00695. The van der Waals surface area contributed by atoms with Gasteiger partial charge in [0, 0.05) is 5.39 Å². The van der Waals surface area contributed by atoms with Gasteiger partial charge >= 0.3 is 10.4 Å². The average molecular weight is 597 g/mol. The maximum atomic E-state index is 12.2. The van der Waals surface area contributed by atoms with E-state index in [2.05, 4.69) is 14.4 Å². The second-order valence-corrected chi connectivity index (χ2v) is 13.2. The number of phenolic OH excluding ortho intramolecular Hbond substituents is 1. The third-order valence-corrected chi connectivity index (χ3v) is 8.50. The topological polar surface area (TPSA) is 251 Å². The first-order valence-corrected chi connectivity index (χ1v) is 15.4. The molecule has 3 rings (SSSR count). The normalized spacial score (nSPS) is 13.4. The predicted molar refractivity (Wildman–Crippen MR) is 125 cm³/mol. The van der Waals surface area contributed by atoms with E-state index in [1.54, 1.807) is 0 Å². The van der Waals surface area contributed by atoms with Crippen molar-refractivity contribution in [3.8, 4) is 5.75 Å². The summed E-state index contributed by atoms with van der Waals surface area (Å²) < 4.78 is 124. The van der Waals surface area contributed by atoms with E-state index in [0.29, 0.717) is 6.07 Å². The van der Waals surface area contributed by atoms with Crippen molar-refractivity contribution in [3.05, 3.63) is 48.5 Å². The number of hydrogen-bond donors (Lipinski definition) is 4. The Balaban J connectivity index is 2.02. The molecule has 0 atom stereocenters. The lowest BCUT2D eigenvalue weighted by atomic mass is 10.1. The maximum Gasteiger partial charge on any atom is 0.397 e. The number of phenols is 1. The third kappa shape index (κ3) is 7.05. The lowest BCUT2D eigenvalue weighted by molar-refractivity contribution is 0.284. The number of nitrogens with zero attached hydrogens (tertiary/aromatic N) is 2. The van der Waals surface area contributed by atoms with Crippen molar-refractivity contribution in [1.82, 2.24) is 0 Å². The van der Waals surface area contributed by atoms with Crippen molar-refractivity contribution >= 4 is 62.6 Å². The van der Waals surface area contributed by atoms with Crippen LogP contribution in [-0.2, 0) is 44.7 Å². The molecule has 0 aliphatic carbocycles. The van der Waals surface area contributed by atoms with Crippen LogP contribution in [0.3, 0.4) is 0 Å². The molecule has 4 N–H and O–H groups in total. The minimum Gasteiger partial charge on any atom is -0.506 e. The molecule has 37 heavy (non-hydrogen) atoms. The standard InChI is InChI=1S/C18H16N2O13S4/c21-15-6-1-11-9-14(35(24,25)26)10-16(36(27,28)29)17(11)18(15)20-19-12-2-4-13(5-3-12)34(22,23)8-7-33-37(30,31)32/h1-6,9-10,21H,7-8H2,(H,24,25,26)(H,27,28,29)(H,30,31,32). The molecule has 0 amide bonds. The molecule has 0 aromatic heterocycles. The first kappa shape index (κ1) is 28.5. The van der Waals surface area contributed by atoms with Gasteiger partial charge in [0.15, 0.2) is 9.84 Å². The summed E-state index contributed by atoms with van der Waals surface area (Å²) in [4.78, 5) is -2.10. The Kier molecular flexibility index (Phi) is 7.73. The molecule has 0 saturated carbocycles. The summed E-state index contributed by atoms with van der Waals surface area (Å²) in [5.41, 5.74) is -0.487. The SMILES string of the molecule is O=S(=O)(O)OCCS(=O)(=O)c1ccc(N=Nc2c(O)ccc3cc(S(=O)(=O)O)cc(S(=O)(=O)O)c23)cc1. The van der Waals surface area contributed by atoms with E-state index >= 15 is 0 Å². The van der Waals surface area contributed by atoms with E-state index in [-0.39, 0.29) is 16.0 Å². The summed E-state index contributed by atoms with van der Waals surface area (Å²) >= 11 is 0. The average Bonchev–Trinajstić information content (AvgIpc) is 2.75. The molecular weight excluding hydrogens is 580 g/mol. The van der Waals surface area contributed by atoms with Crippen molar-refractivity contribution in [2.75, 3.05) is 12.4 Å². The van der Waals surface area contributed by atoms with Crippen LogP contribution in [0, 0.1) is 0 Å². The number of rotatable bonds is 9. The second-order valence-electron chi connectivity index (χ2n) is 7.17. The van der Waals surface area contributed by atoms with Crippen molar-refractivity contribution in [2.45, 2.75) is 14.7 Å². The molecule has 0 unspecified atom stereocenters. The number of benzene rings is 3. The largest absolute Gasteiger partial charge is 0.506 e. The molecule has 0 saturated heterocycles. The monoisotopic (exact) mass is 596 g/mol. The summed E-state index contributed by atoms with van der Waals surface area (Å²) in [5, 5.41) is 17.2. The smallest absolute Gasteiger partial charge is 0.397 e. The zero-order chi connectivity index (χ0) is 27.8. The number of azo groups is 1. The van der Waals surface area contributed by atoms with Crippen LogP contribution in [0.15, 0.2) is 73.4 Å². The van der Waals surface area contributed by atoms with E-state index in [0.717, 1.165) is 30.3 Å². The second kappa shape index (κ2) is 10.0. The van der Waals surface area contributed by atoms with Crippen LogP contribution in [0.5, 0.6) is 5.75 Å². The Morgan fingerprint density at radius 1 is 0.730 bits per heavy atom. The van der Waals surface area contributed by atoms with Crippen LogP contribution in [0.4, 0.5) is 11.4 Å². The van der Waals surface area contributed by atoms with Gasteiger partial charge in [-0.05, 0) is 47.9 Å². The fraction of sp³-hybridized carbons (Fsp3) is 0.111. The molecule has 3 aromatic rings. The van der Waals surface area contributed by atoms with Crippen molar-refractivity contribution in [3.63, 3.8) is 0 Å². The Morgan fingerprint density at radius 3 is 1.89 bits per heavy atom. The van der Waals surface area contributed by atoms with Gasteiger partial charge in [-0.3, -0.25) is 13.7 Å². The molecule has 0 bridgehead atoms. The number of fused-ring (bicyclic) bond motifs is 1. The van der Waals surface area contributed by atoms with Gasteiger partial charge in [0.1, 0.15) is 16.3 Å². The maximum absolute atomic E-state index is 12.2. The predicted octanol–water partition coefficient (Wildman–Crippen LogP) is 2.05. The lowest BCUT2D eigenvalue weighted by Gasteiger charge is -2.10. The van der Waals surface area contributed by atoms with E-state index < -0.39 is 79.4 Å². The Labute approximate surface area is 210 Å². The summed E-state index contributed by atoms with van der Waals surface area (Å²) in [6.07, 6.45) is 0. The summed E-state index contributed by atoms with van der Waals surface area (Å²) in [6, 6.07) is 8.00. The summed E-state index contributed by atoms with van der Waals surface area (Å²) in [6.45, 7) is -0.835. The molecule has 0 aliphatic heterocycles. The van der Waals surface area contributed by atoms with Crippen LogP contribution >= 0.6 is 0 Å². The minimum atomic E-state index is -5.09. The molecule has 19 heteroatoms. The highest BCUT2D eigenvalue weighted by atomic mass is 32.3. The van der Waals surface area contributed by atoms with Gasteiger partial charge in [-0.1, -0.05) is 6.07 Å². The van der Waals surface area contributed by atoms with Crippen molar-refractivity contribution < 1.29 is 56.6 Å². The number of sulfone groups is 1. The zero-order valence-corrected chi connectivity index (χ0v) is 21.3. The van der Waals surface area contributed by atoms with Gasteiger partial charge in [0.2, 0.25) is 0 Å². The van der Waals surface area contributed by atoms with E-state index in [4.69, 9.17) is 4.55 Å². The summed E-state index contributed by atoms with van der Waals surface area (Å²) in [5.74, 6) is -1.39. The van der Waals surface area contributed by atoms with Gasteiger partial charge < -0.3 is 5.11 Å². The summed E-state index contributed by atoms with van der Waals surface area (Å²) in [7, 11) is -18.8. The van der Waals surface area contributed by atoms with Crippen molar-refractivity contribution in [1.29, 1.82) is 0 Å². The quantitative estimate of drug-likeness (QED) is 0.204. The molecule has 0 aliphatic rings. The zero-order valence-electron chi connectivity index (χ0n) is 18.0. The molecule has 0 fully saturated rings. The van der Waals surface area contributed by atoms with Crippen molar-refractivity contribution in [2.24, 2.45) is 10.2 Å². The van der Waals surface area contributed by atoms with Gasteiger partial charge in [0.25, 0.3) is 20.2 Å². The molecular formula is C18H16N2O13S4. The van der Waals surface area contributed by atoms with E-state index in [9.17, 15) is 47.9 Å². The Morgan fingerprint density at radius 2 is 1.35 bits per heavy atom. The molecule has 0 spiro atoms. The molecule has 15 nitrogen and oxygen atoms in total.